The molecule has 4 rings (SSSR count). The van der Waals surface area contributed by atoms with E-state index < -0.39 is 15.8 Å². The Morgan fingerprint density at radius 2 is 1.74 bits per heavy atom. The Morgan fingerprint density at radius 3 is 2.32 bits per heavy atom. The highest BCUT2D eigenvalue weighted by Gasteiger charge is 2.52. The maximum Gasteiger partial charge on any atom is 0.240 e. The van der Waals surface area contributed by atoms with E-state index in [2.05, 4.69) is 4.72 Å². The fourth-order valence-electron chi connectivity index (χ4n) is 4.19. The number of allylic oxidation sites excluding steroid dienone is 2. The molecule has 3 aliphatic rings. The maximum absolute atomic E-state index is 13.2. The second kappa shape index (κ2) is 8.33. The molecule has 0 spiro atoms. The molecule has 2 heterocycles. The Bertz CT molecular complexity index is 1040. The van der Waals surface area contributed by atoms with Gasteiger partial charge in [0, 0.05) is 26.1 Å². The number of imide groups is 1. The monoisotopic (exact) mass is 469 g/mol. The third kappa shape index (κ3) is 4.11. The maximum atomic E-state index is 13.2. The minimum Gasteiger partial charge on any atom is -0.338 e. The lowest BCUT2D eigenvalue weighted by Gasteiger charge is -2.43. The number of benzene rings is 1. The average Bonchev–Trinajstić information content (AvgIpc) is 2.94. The van der Waals surface area contributed by atoms with E-state index in [1.165, 1.54) is 9.80 Å². The van der Waals surface area contributed by atoms with Gasteiger partial charge in [-0.3, -0.25) is 19.3 Å². The van der Waals surface area contributed by atoms with Gasteiger partial charge in [-0.15, -0.1) is 0 Å². The van der Waals surface area contributed by atoms with Crippen molar-refractivity contribution in [3.63, 3.8) is 0 Å². The van der Waals surface area contributed by atoms with E-state index in [9.17, 15) is 27.2 Å². The van der Waals surface area contributed by atoms with Gasteiger partial charge in [0.25, 0.3) is 0 Å². The van der Waals surface area contributed by atoms with Crippen molar-refractivity contribution in [2.75, 3.05) is 19.6 Å². The summed E-state index contributed by atoms with van der Waals surface area (Å²) in [7, 11) is -3.94. The molecular formula is C20H21ClFN3O5S. The summed E-state index contributed by atoms with van der Waals surface area (Å²) in [5, 5.41) is -0.313. The van der Waals surface area contributed by atoms with Crippen LogP contribution in [0.4, 0.5) is 4.39 Å². The molecule has 0 radical (unpaired) electrons. The molecule has 0 saturated carbocycles. The van der Waals surface area contributed by atoms with E-state index in [0.29, 0.717) is 12.8 Å². The lowest BCUT2D eigenvalue weighted by Crippen LogP contribution is -2.62. The van der Waals surface area contributed by atoms with Crippen LogP contribution in [0.5, 0.6) is 0 Å². The van der Waals surface area contributed by atoms with E-state index in [0.717, 1.165) is 18.2 Å². The number of likely N-dealkylation sites (tertiary alicyclic amines) is 2. The zero-order valence-corrected chi connectivity index (χ0v) is 18.0. The van der Waals surface area contributed by atoms with Crippen LogP contribution in [0.3, 0.4) is 0 Å². The van der Waals surface area contributed by atoms with Crippen molar-refractivity contribution in [3.05, 3.63) is 41.2 Å². The minimum absolute atomic E-state index is 0.0854. The SMILES string of the molecule is O=C(CCNS(=O)(=O)c1ccc(F)c(Cl)c1)N1CC(N2C(=O)C3CC=CCC3C2=O)C1. The predicted molar refractivity (Wildman–Crippen MR) is 109 cm³/mol. The quantitative estimate of drug-likeness (QED) is 0.499. The van der Waals surface area contributed by atoms with Crippen LogP contribution in [-0.4, -0.2) is 61.6 Å². The van der Waals surface area contributed by atoms with Crippen molar-refractivity contribution >= 4 is 39.3 Å². The Kier molecular flexibility index (Phi) is 5.89. The zero-order chi connectivity index (χ0) is 22.3. The average molecular weight is 470 g/mol. The molecule has 31 heavy (non-hydrogen) atoms. The summed E-state index contributed by atoms with van der Waals surface area (Å²) >= 11 is 5.62. The molecule has 0 bridgehead atoms. The van der Waals surface area contributed by atoms with Crippen LogP contribution in [0, 0.1) is 17.7 Å². The fraction of sp³-hybridized carbons (Fsp3) is 0.450. The Balaban J connectivity index is 1.26. The molecule has 11 heteroatoms. The van der Waals surface area contributed by atoms with Crippen LogP contribution in [0.1, 0.15) is 19.3 Å². The highest BCUT2D eigenvalue weighted by molar-refractivity contribution is 7.89. The van der Waals surface area contributed by atoms with Crippen molar-refractivity contribution in [1.29, 1.82) is 0 Å². The summed E-state index contributed by atoms with van der Waals surface area (Å²) in [6.07, 6.45) is 4.90. The van der Waals surface area contributed by atoms with Crippen LogP contribution in [-0.2, 0) is 24.4 Å². The normalized spacial score (nSPS) is 23.8. The largest absolute Gasteiger partial charge is 0.338 e. The lowest BCUT2D eigenvalue weighted by atomic mass is 9.85. The van der Waals surface area contributed by atoms with E-state index in [1.54, 1.807) is 0 Å². The fourth-order valence-corrected chi connectivity index (χ4v) is 5.49. The first-order valence-corrected chi connectivity index (χ1v) is 11.8. The lowest BCUT2D eigenvalue weighted by molar-refractivity contribution is -0.152. The smallest absolute Gasteiger partial charge is 0.240 e. The highest BCUT2D eigenvalue weighted by Crippen LogP contribution is 2.37. The van der Waals surface area contributed by atoms with Crippen LogP contribution in [0.25, 0.3) is 0 Å². The molecule has 166 valence electrons. The molecule has 1 aliphatic carbocycles. The highest BCUT2D eigenvalue weighted by atomic mass is 35.5. The van der Waals surface area contributed by atoms with Crippen molar-refractivity contribution < 1.29 is 27.2 Å². The Labute approximate surface area is 184 Å². The van der Waals surface area contributed by atoms with Gasteiger partial charge in [-0.2, -0.15) is 0 Å². The number of hydrogen-bond donors (Lipinski definition) is 1. The minimum atomic E-state index is -3.94. The van der Waals surface area contributed by atoms with Crippen LogP contribution >= 0.6 is 11.6 Å². The summed E-state index contributed by atoms with van der Waals surface area (Å²) in [4.78, 5) is 40.1. The van der Waals surface area contributed by atoms with Crippen molar-refractivity contribution in [2.45, 2.75) is 30.2 Å². The molecule has 0 aromatic heterocycles. The molecule has 2 atom stereocenters. The van der Waals surface area contributed by atoms with Crippen LogP contribution < -0.4 is 4.72 Å². The number of nitrogens with zero attached hydrogens (tertiary/aromatic N) is 2. The van der Waals surface area contributed by atoms with E-state index >= 15 is 0 Å². The van der Waals surface area contributed by atoms with Gasteiger partial charge in [0.2, 0.25) is 27.7 Å². The molecule has 1 aromatic rings. The topological polar surface area (TPSA) is 104 Å². The van der Waals surface area contributed by atoms with Crippen LogP contribution in [0.15, 0.2) is 35.2 Å². The van der Waals surface area contributed by atoms with Gasteiger partial charge in [0.15, 0.2) is 0 Å². The standard InChI is InChI=1S/C20H21ClFN3O5S/c21-16-9-13(5-6-17(16)22)31(29,30)23-8-7-18(26)24-10-12(11-24)25-19(27)14-3-1-2-4-15(14)20(25)28/h1-2,5-6,9,12,14-15,23H,3-4,7-8,10-11H2. The molecule has 2 fully saturated rings. The molecule has 3 amide bonds. The van der Waals surface area contributed by atoms with Gasteiger partial charge in [-0.1, -0.05) is 23.8 Å². The molecular weight excluding hydrogens is 449 g/mol. The third-order valence-corrected chi connectivity index (χ3v) is 7.70. The summed E-state index contributed by atoms with van der Waals surface area (Å²) in [6, 6.07) is 2.71. The first-order valence-electron chi connectivity index (χ1n) is 9.93. The number of carbonyl (C=O) groups excluding carboxylic acids is 3. The predicted octanol–water partition coefficient (Wildman–Crippen LogP) is 1.31. The van der Waals surface area contributed by atoms with E-state index in [-0.39, 0.29) is 71.6 Å². The first-order chi connectivity index (χ1) is 14.7. The van der Waals surface area contributed by atoms with Gasteiger partial charge in [-0.25, -0.2) is 17.5 Å². The number of halogens is 2. The third-order valence-electron chi connectivity index (χ3n) is 5.95. The van der Waals surface area contributed by atoms with Crippen molar-refractivity contribution in [3.8, 4) is 0 Å². The number of amides is 3. The Morgan fingerprint density at radius 1 is 1.13 bits per heavy atom. The number of sulfonamides is 1. The molecule has 1 aromatic carbocycles. The van der Waals surface area contributed by atoms with Gasteiger partial charge >= 0.3 is 0 Å². The van der Waals surface area contributed by atoms with Crippen molar-refractivity contribution in [1.82, 2.24) is 14.5 Å². The van der Waals surface area contributed by atoms with Gasteiger partial charge < -0.3 is 4.90 Å². The Hall–Kier alpha value is -2.30. The number of carbonyl (C=O) groups is 3. The van der Waals surface area contributed by atoms with Gasteiger partial charge in [-0.05, 0) is 31.0 Å². The molecule has 8 nitrogen and oxygen atoms in total. The number of nitrogens with one attached hydrogen (secondary N) is 1. The van der Waals surface area contributed by atoms with Gasteiger partial charge in [0.05, 0.1) is 27.8 Å². The van der Waals surface area contributed by atoms with E-state index in [1.807, 2.05) is 12.2 Å². The van der Waals surface area contributed by atoms with Crippen LogP contribution in [0.2, 0.25) is 5.02 Å². The van der Waals surface area contributed by atoms with Gasteiger partial charge in [0.1, 0.15) is 5.82 Å². The second-order valence-corrected chi connectivity index (χ2v) is 10.1. The molecule has 2 saturated heterocycles. The summed E-state index contributed by atoms with van der Waals surface area (Å²) in [6.45, 7) is 0.363. The molecule has 2 aliphatic heterocycles. The summed E-state index contributed by atoms with van der Waals surface area (Å²) in [5.41, 5.74) is 0. The molecule has 2 unspecified atom stereocenters. The number of rotatable bonds is 6. The summed E-state index contributed by atoms with van der Waals surface area (Å²) < 4.78 is 40.0. The van der Waals surface area contributed by atoms with Crippen molar-refractivity contribution in [2.24, 2.45) is 11.8 Å². The number of fused-ring (bicyclic) bond motifs is 1. The van der Waals surface area contributed by atoms with E-state index in [4.69, 9.17) is 11.6 Å². The second-order valence-electron chi connectivity index (χ2n) is 7.88. The first kappa shape index (κ1) is 21.9. The zero-order valence-electron chi connectivity index (χ0n) is 16.5. The summed E-state index contributed by atoms with van der Waals surface area (Å²) in [5.74, 6) is -1.93. The molecule has 1 N–H and O–H groups in total. The number of hydrogen-bond acceptors (Lipinski definition) is 5.